The number of nitrogens with zero attached hydrogens (tertiary/aromatic N) is 5. The van der Waals surface area contributed by atoms with Crippen LogP contribution in [0.1, 0.15) is 11.5 Å². The van der Waals surface area contributed by atoms with Gasteiger partial charge in [-0.3, -0.25) is 4.98 Å². The Morgan fingerprint density at radius 2 is 1.73 bits per heavy atom. The topological polar surface area (TPSA) is 82.0 Å². The molecule has 1 aromatic carbocycles. The molecule has 0 spiro atoms. The van der Waals surface area contributed by atoms with Crippen LogP contribution in [0.2, 0.25) is 0 Å². The zero-order valence-electron chi connectivity index (χ0n) is 13.2. The number of halogens is 3. The van der Waals surface area contributed by atoms with Crippen molar-refractivity contribution in [1.82, 2.24) is 24.6 Å². The van der Waals surface area contributed by atoms with Crippen molar-refractivity contribution < 1.29 is 8.78 Å². The molecule has 0 amide bonds. The van der Waals surface area contributed by atoms with Crippen molar-refractivity contribution in [1.29, 1.82) is 0 Å². The summed E-state index contributed by atoms with van der Waals surface area (Å²) in [6.07, 6.45) is 1.49. The number of aromatic nitrogens is 5. The lowest BCUT2D eigenvalue weighted by Crippen LogP contribution is -2.05. The van der Waals surface area contributed by atoms with Gasteiger partial charge in [-0.1, -0.05) is 0 Å². The highest BCUT2D eigenvalue weighted by atomic mass is 127. The van der Waals surface area contributed by atoms with Crippen molar-refractivity contribution in [2.75, 3.05) is 5.73 Å². The molecule has 3 heterocycles. The molecule has 4 aromatic rings. The first-order valence-electron chi connectivity index (χ1n) is 7.58. The number of rotatable bonds is 3. The lowest BCUT2D eigenvalue weighted by Gasteiger charge is -2.06. The predicted molar refractivity (Wildman–Crippen MR) is 100 cm³/mol. The van der Waals surface area contributed by atoms with Gasteiger partial charge in [0.15, 0.2) is 11.5 Å². The van der Waals surface area contributed by atoms with Gasteiger partial charge in [-0.2, -0.15) is 4.52 Å². The second kappa shape index (κ2) is 6.56. The first-order valence-corrected chi connectivity index (χ1v) is 8.66. The molecule has 0 saturated carbocycles. The van der Waals surface area contributed by atoms with Crippen LogP contribution in [0, 0.1) is 15.2 Å². The minimum Gasteiger partial charge on any atom is -0.368 e. The third-order valence-corrected chi connectivity index (χ3v) is 4.74. The predicted octanol–water partition coefficient (Wildman–Crippen LogP) is 3.24. The van der Waals surface area contributed by atoms with Gasteiger partial charge in [-0.15, -0.1) is 5.10 Å². The molecule has 0 radical (unpaired) electrons. The first-order chi connectivity index (χ1) is 12.5. The van der Waals surface area contributed by atoms with Gasteiger partial charge in [0.1, 0.15) is 11.6 Å². The van der Waals surface area contributed by atoms with E-state index in [1.165, 1.54) is 22.7 Å². The SMILES string of the molecule is Nc1nc(-c2ccc(F)cc2)c(I)c2nc(Cc3ccc(F)cn3)nn12. The Bertz CT molecular complexity index is 1090. The maximum atomic E-state index is 13.2. The molecule has 26 heavy (non-hydrogen) atoms. The standard InChI is InChI=1S/C17H11F2IN6/c18-10-3-1-9(2-4-10)15-14(20)16-23-13(25-26(16)17(21)24-15)7-12-6-5-11(19)8-22-12/h1-6,8H,7H2,(H2,21,24). The van der Waals surface area contributed by atoms with Gasteiger partial charge in [0.25, 0.3) is 0 Å². The number of nitrogen functional groups attached to an aromatic ring is 1. The normalized spacial score (nSPS) is 11.2. The van der Waals surface area contributed by atoms with Gasteiger partial charge >= 0.3 is 0 Å². The lowest BCUT2D eigenvalue weighted by molar-refractivity contribution is 0.619. The smallest absolute Gasteiger partial charge is 0.223 e. The van der Waals surface area contributed by atoms with Crippen LogP contribution in [0.15, 0.2) is 42.6 Å². The molecule has 9 heteroatoms. The Morgan fingerprint density at radius 3 is 2.42 bits per heavy atom. The van der Waals surface area contributed by atoms with Gasteiger partial charge in [0.2, 0.25) is 5.95 Å². The summed E-state index contributed by atoms with van der Waals surface area (Å²) in [6, 6.07) is 8.92. The summed E-state index contributed by atoms with van der Waals surface area (Å²) in [7, 11) is 0. The Hall–Kier alpha value is -2.69. The monoisotopic (exact) mass is 464 g/mol. The van der Waals surface area contributed by atoms with E-state index in [1.807, 2.05) is 0 Å². The van der Waals surface area contributed by atoms with Crippen molar-refractivity contribution in [2.45, 2.75) is 6.42 Å². The highest BCUT2D eigenvalue weighted by Gasteiger charge is 2.17. The Labute approximate surface area is 160 Å². The van der Waals surface area contributed by atoms with Crippen molar-refractivity contribution in [2.24, 2.45) is 0 Å². The average molecular weight is 464 g/mol. The van der Waals surface area contributed by atoms with Crippen LogP contribution in [0.3, 0.4) is 0 Å². The molecular formula is C17H11F2IN6. The van der Waals surface area contributed by atoms with Gasteiger partial charge in [-0.25, -0.2) is 18.7 Å². The second-order valence-electron chi connectivity index (χ2n) is 5.55. The molecule has 3 aromatic heterocycles. The molecule has 0 aliphatic carbocycles. The zero-order valence-corrected chi connectivity index (χ0v) is 15.4. The van der Waals surface area contributed by atoms with E-state index in [2.05, 4.69) is 42.6 Å². The fraction of sp³-hybridized carbons (Fsp3) is 0.0588. The van der Waals surface area contributed by atoms with Crippen molar-refractivity contribution >= 4 is 34.2 Å². The average Bonchev–Trinajstić information content (AvgIpc) is 3.06. The third-order valence-electron chi connectivity index (χ3n) is 3.74. The molecule has 130 valence electrons. The summed E-state index contributed by atoms with van der Waals surface area (Å²) in [6.45, 7) is 0. The van der Waals surface area contributed by atoms with Gasteiger partial charge in [0.05, 0.1) is 21.9 Å². The summed E-state index contributed by atoms with van der Waals surface area (Å²) in [5, 5.41) is 4.36. The molecule has 4 rings (SSSR count). The zero-order chi connectivity index (χ0) is 18.3. The third kappa shape index (κ3) is 3.09. The van der Waals surface area contributed by atoms with Gasteiger partial charge in [-0.05, 0) is 59.0 Å². The molecule has 0 fully saturated rings. The number of hydrogen-bond acceptors (Lipinski definition) is 5. The highest BCUT2D eigenvalue weighted by Crippen LogP contribution is 2.27. The summed E-state index contributed by atoms with van der Waals surface area (Å²) in [5.74, 6) is -0.0599. The van der Waals surface area contributed by atoms with E-state index in [-0.39, 0.29) is 11.8 Å². The van der Waals surface area contributed by atoms with Crippen molar-refractivity contribution in [3.63, 3.8) is 0 Å². The number of benzene rings is 1. The maximum Gasteiger partial charge on any atom is 0.223 e. The summed E-state index contributed by atoms with van der Waals surface area (Å²) in [5.41, 5.74) is 8.56. The molecule has 0 bridgehead atoms. The molecule has 0 saturated heterocycles. The van der Waals surface area contributed by atoms with Crippen LogP contribution in [0.4, 0.5) is 14.7 Å². The van der Waals surface area contributed by atoms with Gasteiger partial charge in [0, 0.05) is 11.3 Å². The highest BCUT2D eigenvalue weighted by molar-refractivity contribution is 14.1. The van der Waals surface area contributed by atoms with Gasteiger partial charge < -0.3 is 5.73 Å². The summed E-state index contributed by atoms with van der Waals surface area (Å²) < 4.78 is 28.3. The molecule has 0 aliphatic heterocycles. The number of pyridine rings is 1. The van der Waals surface area contributed by atoms with Crippen LogP contribution in [0.5, 0.6) is 0 Å². The van der Waals surface area contributed by atoms with E-state index < -0.39 is 5.82 Å². The quantitative estimate of drug-likeness (QED) is 0.471. The Balaban J connectivity index is 1.78. The van der Waals surface area contributed by atoms with E-state index in [0.717, 1.165) is 15.3 Å². The number of hydrogen-bond donors (Lipinski definition) is 1. The summed E-state index contributed by atoms with van der Waals surface area (Å²) >= 11 is 2.12. The number of fused-ring (bicyclic) bond motifs is 1. The van der Waals surface area contributed by atoms with Crippen molar-refractivity contribution in [3.8, 4) is 11.3 Å². The molecule has 0 atom stereocenters. The molecule has 0 unspecified atom stereocenters. The number of anilines is 1. The van der Waals surface area contributed by atoms with E-state index >= 15 is 0 Å². The fourth-order valence-corrected chi connectivity index (χ4v) is 3.30. The van der Waals surface area contributed by atoms with E-state index in [4.69, 9.17) is 5.73 Å². The van der Waals surface area contributed by atoms with Crippen LogP contribution in [-0.2, 0) is 6.42 Å². The Kier molecular flexibility index (Phi) is 4.23. The van der Waals surface area contributed by atoms with Crippen molar-refractivity contribution in [3.05, 3.63) is 69.3 Å². The molecule has 0 aliphatic rings. The minimum absolute atomic E-state index is 0.172. The van der Waals surface area contributed by atoms with Crippen LogP contribution in [0.25, 0.3) is 16.9 Å². The molecule has 2 N–H and O–H groups in total. The fourth-order valence-electron chi connectivity index (χ4n) is 2.52. The largest absolute Gasteiger partial charge is 0.368 e. The lowest BCUT2D eigenvalue weighted by atomic mass is 10.1. The first kappa shape index (κ1) is 16.8. The second-order valence-corrected chi connectivity index (χ2v) is 6.63. The Morgan fingerprint density at radius 1 is 1.00 bits per heavy atom. The summed E-state index contributed by atoms with van der Waals surface area (Å²) in [4.78, 5) is 12.9. The van der Waals surface area contributed by atoms with Crippen LogP contribution in [-0.4, -0.2) is 24.6 Å². The van der Waals surface area contributed by atoms with Crippen LogP contribution >= 0.6 is 22.6 Å². The minimum atomic E-state index is -0.399. The number of nitrogens with two attached hydrogens (primary N) is 1. The molecular weight excluding hydrogens is 453 g/mol. The van der Waals surface area contributed by atoms with Crippen LogP contribution < -0.4 is 5.73 Å². The van der Waals surface area contributed by atoms with E-state index in [9.17, 15) is 8.78 Å². The van der Waals surface area contributed by atoms with E-state index in [0.29, 0.717) is 29.3 Å². The maximum absolute atomic E-state index is 13.2. The van der Waals surface area contributed by atoms with E-state index in [1.54, 1.807) is 18.2 Å². The molecule has 6 nitrogen and oxygen atoms in total.